The SMILES string of the molecule is FC(F)(F)c1cc(-n2nncc2-c2ccccc2)cc(C(F)(F)F)c1. The van der Waals surface area contributed by atoms with Gasteiger partial charge in [0.25, 0.3) is 0 Å². The van der Waals surface area contributed by atoms with Crippen molar-refractivity contribution in [3.8, 4) is 16.9 Å². The Kier molecular flexibility index (Phi) is 4.02. The second kappa shape index (κ2) is 5.91. The van der Waals surface area contributed by atoms with Crippen LogP contribution < -0.4 is 0 Å². The zero-order valence-electron chi connectivity index (χ0n) is 12.3. The predicted octanol–water partition coefficient (Wildman–Crippen LogP) is 4.97. The summed E-state index contributed by atoms with van der Waals surface area (Å²) in [6, 6.07) is 9.67. The van der Waals surface area contributed by atoms with Gasteiger partial charge in [0, 0.05) is 5.56 Å². The van der Waals surface area contributed by atoms with Crippen molar-refractivity contribution in [1.82, 2.24) is 15.0 Å². The van der Waals surface area contributed by atoms with Gasteiger partial charge in [-0.15, -0.1) is 5.10 Å². The number of hydrogen-bond acceptors (Lipinski definition) is 2. The minimum Gasteiger partial charge on any atom is -0.213 e. The lowest BCUT2D eigenvalue weighted by atomic mass is 10.1. The van der Waals surface area contributed by atoms with E-state index in [9.17, 15) is 26.3 Å². The molecular formula is C16H9F6N3. The first-order valence-corrected chi connectivity index (χ1v) is 6.92. The van der Waals surface area contributed by atoms with Gasteiger partial charge in [0.2, 0.25) is 0 Å². The second-order valence-electron chi connectivity index (χ2n) is 5.16. The van der Waals surface area contributed by atoms with E-state index in [0.717, 1.165) is 4.68 Å². The van der Waals surface area contributed by atoms with E-state index < -0.39 is 23.5 Å². The average Bonchev–Trinajstić information content (AvgIpc) is 3.03. The predicted molar refractivity (Wildman–Crippen MR) is 76.8 cm³/mol. The molecule has 0 amide bonds. The van der Waals surface area contributed by atoms with Crippen LogP contribution in [-0.2, 0) is 12.4 Å². The molecule has 0 bridgehead atoms. The molecule has 3 nitrogen and oxygen atoms in total. The highest BCUT2D eigenvalue weighted by atomic mass is 19.4. The van der Waals surface area contributed by atoms with Gasteiger partial charge in [0.05, 0.1) is 28.7 Å². The van der Waals surface area contributed by atoms with E-state index >= 15 is 0 Å². The Morgan fingerprint density at radius 1 is 0.760 bits per heavy atom. The molecule has 1 aromatic heterocycles. The molecule has 0 aliphatic heterocycles. The van der Waals surface area contributed by atoms with Crippen LogP contribution in [0.1, 0.15) is 11.1 Å². The van der Waals surface area contributed by atoms with E-state index in [0.29, 0.717) is 17.7 Å². The fourth-order valence-electron chi connectivity index (χ4n) is 2.29. The number of hydrogen-bond donors (Lipinski definition) is 0. The third-order valence-corrected chi connectivity index (χ3v) is 3.44. The van der Waals surface area contributed by atoms with Gasteiger partial charge in [-0.2, -0.15) is 26.3 Å². The van der Waals surface area contributed by atoms with Gasteiger partial charge < -0.3 is 0 Å². The molecule has 9 heteroatoms. The molecule has 0 saturated carbocycles. The Morgan fingerprint density at radius 3 is 1.84 bits per heavy atom. The summed E-state index contributed by atoms with van der Waals surface area (Å²) in [7, 11) is 0. The van der Waals surface area contributed by atoms with Gasteiger partial charge in [0.15, 0.2) is 0 Å². The van der Waals surface area contributed by atoms with Crippen LogP contribution in [0.15, 0.2) is 54.7 Å². The summed E-state index contributed by atoms with van der Waals surface area (Å²) in [4.78, 5) is 0. The number of nitrogens with zero attached hydrogens (tertiary/aromatic N) is 3. The van der Waals surface area contributed by atoms with Crippen molar-refractivity contribution in [3.05, 3.63) is 65.9 Å². The first-order valence-electron chi connectivity index (χ1n) is 6.92. The minimum absolute atomic E-state index is 0.0720. The number of halogens is 6. The van der Waals surface area contributed by atoms with E-state index in [-0.39, 0.29) is 17.4 Å². The van der Waals surface area contributed by atoms with Crippen molar-refractivity contribution < 1.29 is 26.3 Å². The Balaban J connectivity index is 2.20. The highest BCUT2D eigenvalue weighted by Gasteiger charge is 2.37. The normalized spacial score (nSPS) is 12.4. The topological polar surface area (TPSA) is 30.7 Å². The van der Waals surface area contributed by atoms with Crippen molar-refractivity contribution in [1.29, 1.82) is 0 Å². The molecule has 0 saturated heterocycles. The van der Waals surface area contributed by atoms with Crippen molar-refractivity contribution in [2.75, 3.05) is 0 Å². The fourth-order valence-corrected chi connectivity index (χ4v) is 2.29. The molecule has 1 heterocycles. The maximum absolute atomic E-state index is 13.0. The highest BCUT2D eigenvalue weighted by molar-refractivity contribution is 5.61. The number of alkyl halides is 6. The van der Waals surface area contributed by atoms with Crippen LogP contribution in [0.5, 0.6) is 0 Å². The lowest BCUT2D eigenvalue weighted by Gasteiger charge is -2.15. The molecule has 0 radical (unpaired) electrons. The standard InChI is InChI=1S/C16H9F6N3/c17-15(18,19)11-6-12(16(20,21)22)8-13(7-11)25-14(9-23-24-25)10-4-2-1-3-5-10/h1-9H. The number of rotatable bonds is 2. The highest BCUT2D eigenvalue weighted by Crippen LogP contribution is 2.37. The minimum atomic E-state index is -4.93. The maximum atomic E-state index is 13.0. The molecule has 0 aliphatic carbocycles. The summed E-state index contributed by atoms with van der Waals surface area (Å²) in [5.74, 6) is 0. The summed E-state index contributed by atoms with van der Waals surface area (Å²) in [6.07, 6.45) is -8.59. The van der Waals surface area contributed by atoms with Crippen LogP contribution in [0, 0.1) is 0 Å². The number of benzene rings is 2. The maximum Gasteiger partial charge on any atom is 0.416 e. The molecule has 25 heavy (non-hydrogen) atoms. The third-order valence-electron chi connectivity index (χ3n) is 3.44. The first kappa shape index (κ1) is 17.0. The summed E-state index contributed by atoms with van der Waals surface area (Å²) < 4.78 is 78.9. The Hall–Kier alpha value is -2.84. The summed E-state index contributed by atoms with van der Waals surface area (Å²) in [5, 5.41) is 7.25. The molecule has 3 rings (SSSR count). The van der Waals surface area contributed by atoms with E-state index in [1.165, 1.54) is 6.20 Å². The van der Waals surface area contributed by atoms with Gasteiger partial charge >= 0.3 is 12.4 Å². The van der Waals surface area contributed by atoms with Gasteiger partial charge in [-0.3, -0.25) is 0 Å². The lowest BCUT2D eigenvalue weighted by molar-refractivity contribution is -0.143. The van der Waals surface area contributed by atoms with Crippen molar-refractivity contribution in [3.63, 3.8) is 0 Å². The number of aromatic nitrogens is 3. The molecule has 0 aliphatic rings. The quantitative estimate of drug-likeness (QED) is 0.606. The Morgan fingerprint density at radius 2 is 1.32 bits per heavy atom. The zero-order valence-corrected chi connectivity index (χ0v) is 12.3. The molecule has 0 unspecified atom stereocenters. The van der Waals surface area contributed by atoms with Crippen molar-refractivity contribution in [2.24, 2.45) is 0 Å². The third kappa shape index (κ3) is 3.49. The molecule has 0 spiro atoms. The molecule has 3 aromatic rings. The van der Waals surface area contributed by atoms with Gasteiger partial charge in [-0.25, -0.2) is 4.68 Å². The van der Waals surface area contributed by atoms with Crippen LogP contribution in [0.2, 0.25) is 0 Å². The molecule has 0 fully saturated rings. The van der Waals surface area contributed by atoms with Crippen LogP contribution >= 0.6 is 0 Å². The van der Waals surface area contributed by atoms with Crippen molar-refractivity contribution in [2.45, 2.75) is 12.4 Å². The summed E-state index contributed by atoms with van der Waals surface area (Å²) in [6.45, 7) is 0. The molecular weight excluding hydrogens is 348 g/mol. The van der Waals surface area contributed by atoms with Crippen LogP contribution in [0.3, 0.4) is 0 Å². The van der Waals surface area contributed by atoms with Crippen LogP contribution in [0.25, 0.3) is 16.9 Å². The monoisotopic (exact) mass is 357 g/mol. The summed E-state index contributed by atoms with van der Waals surface area (Å²) >= 11 is 0. The molecule has 2 aromatic carbocycles. The Bertz CT molecular complexity index is 849. The van der Waals surface area contributed by atoms with Crippen LogP contribution in [0.4, 0.5) is 26.3 Å². The first-order chi connectivity index (χ1) is 11.7. The van der Waals surface area contributed by atoms with Crippen molar-refractivity contribution >= 4 is 0 Å². The molecule has 130 valence electrons. The van der Waals surface area contributed by atoms with Crippen LogP contribution in [-0.4, -0.2) is 15.0 Å². The van der Waals surface area contributed by atoms with Gasteiger partial charge in [-0.05, 0) is 18.2 Å². The van der Waals surface area contributed by atoms with E-state index in [1.54, 1.807) is 30.3 Å². The van der Waals surface area contributed by atoms with Gasteiger partial charge in [-0.1, -0.05) is 35.5 Å². The van der Waals surface area contributed by atoms with E-state index in [1.807, 2.05) is 0 Å². The van der Waals surface area contributed by atoms with E-state index in [4.69, 9.17) is 0 Å². The van der Waals surface area contributed by atoms with E-state index in [2.05, 4.69) is 10.3 Å². The fraction of sp³-hybridized carbons (Fsp3) is 0.125. The smallest absolute Gasteiger partial charge is 0.213 e. The Labute approximate surface area is 137 Å². The largest absolute Gasteiger partial charge is 0.416 e. The molecule has 0 atom stereocenters. The second-order valence-corrected chi connectivity index (χ2v) is 5.16. The zero-order chi connectivity index (χ0) is 18.2. The summed E-state index contributed by atoms with van der Waals surface area (Å²) in [5.41, 5.74) is -2.37. The molecule has 0 N–H and O–H groups in total. The van der Waals surface area contributed by atoms with Gasteiger partial charge in [0.1, 0.15) is 0 Å². The lowest BCUT2D eigenvalue weighted by Crippen LogP contribution is -2.13. The average molecular weight is 357 g/mol.